The van der Waals surface area contributed by atoms with Gasteiger partial charge in [-0.1, -0.05) is 34.1 Å². The van der Waals surface area contributed by atoms with Crippen molar-refractivity contribution < 1.29 is 9.90 Å². The van der Waals surface area contributed by atoms with Crippen LogP contribution in [0, 0.1) is 11.8 Å². The van der Waals surface area contributed by atoms with Gasteiger partial charge in [-0.05, 0) is 19.3 Å². The van der Waals surface area contributed by atoms with E-state index in [1.54, 1.807) is 6.92 Å². The van der Waals surface area contributed by atoms with E-state index in [0.29, 0.717) is 6.54 Å². The predicted octanol–water partition coefficient (Wildman–Crippen LogP) is 1.95. The molecule has 0 saturated heterocycles. The van der Waals surface area contributed by atoms with Crippen molar-refractivity contribution in [2.24, 2.45) is 11.8 Å². The van der Waals surface area contributed by atoms with E-state index >= 15 is 0 Å². The summed E-state index contributed by atoms with van der Waals surface area (Å²) >= 11 is 0. The van der Waals surface area contributed by atoms with Crippen LogP contribution in [0.3, 0.4) is 0 Å². The molecule has 1 amide bonds. The van der Waals surface area contributed by atoms with Crippen molar-refractivity contribution in [2.45, 2.75) is 53.1 Å². The fraction of sp³-hybridized carbons (Fsp3) is 0.917. The molecule has 0 aliphatic carbocycles. The maximum Gasteiger partial charge on any atom is 0.222 e. The Labute approximate surface area is 93.3 Å². The van der Waals surface area contributed by atoms with Gasteiger partial charge in [0.15, 0.2) is 0 Å². The highest BCUT2D eigenvalue weighted by Gasteiger charge is 2.26. The first kappa shape index (κ1) is 14.4. The lowest BCUT2D eigenvalue weighted by Crippen LogP contribution is -2.45. The summed E-state index contributed by atoms with van der Waals surface area (Å²) < 4.78 is 0. The molecule has 2 atom stereocenters. The summed E-state index contributed by atoms with van der Waals surface area (Å²) in [5.74, 6) is 0.218. The van der Waals surface area contributed by atoms with E-state index < -0.39 is 5.60 Å². The monoisotopic (exact) mass is 215 g/mol. The Morgan fingerprint density at radius 2 is 1.93 bits per heavy atom. The molecule has 15 heavy (non-hydrogen) atoms. The largest absolute Gasteiger partial charge is 0.388 e. The van der Waals surface area contributed by atoms with Gasteiger partial charge in [-0.15, -0.1) is 0 Å². The Morgan fingerprint density at radius 3 is 2.33 bits per heavy atom. The molecule has 0 aromatic rings. The Kier molecular flexibility index (Phi) is 5.88. The van der Waals surface area contributed by atoms with Gasteiger partial charge in [0.25, 0.3) is 0 Å². The van der Waals surface area contributed by atoms with Crippen molar-refractivity contribution in [3.05, 3.63) is 0 Å². The van der Waals surface area contributed by atoms with Gasteiger partial charge >= 0.3 is 0 Å². The van der Waals surface area contributed by atoms with Crippen molar-refractivity contribution >= 4 is 5.91 Å². The van der Waals surface area contributed by atoms with Crippen molar-refractivity contribution in [1.82, 2.24) is 5.32 Å². The Morgan fingerprint density at radius 1 is 1.40 bits per heavy atom. The SMILES string of the molecule is CCCC(C)C(=O)NCC(C)(O)C(C)C. The molecule has 2 unspecified atom stereocenters. The molecule has 0 saturated carbocycles. The first-order valence-corrected chi connectivity index (χ1v) is 5.81. The summed E-state index contributed by atoms with van der Waals surface area (Å²) in [4.78, 5) is 11.6. The van der Waals surface area contributed by atoms with Crippen molar-refractivity contribution in [1.29, 1.82) is 0 Å². The molecule has 0 heterocycles. The maximum absolute atomic E-state index is 11.6. The normalized spacial score (nSPS) is 17.3. The van der Waals surface area contributed by atoms with Gasteiger partial charge in [-0.3, -0.25) is 4.79 Å². The predicted molar refractivity (Wildman–Crippen MR) is 62.5 cm³/mol. The molecule has 0 rings (SSSR count). The van der Waals surface area contributed by atoms with E-state index in [2.05, 4.69) is 12.2 Å². The van der Waals surface area contributed by atoms with E-state index in [4.69, 9.17) is 0 Å². The zero-order chi connectivity index (χ0) is 12.1. The summed E-state index contributed by atoms with van der Waals surface area (Å²) in [6.07, 6.45) is 1.91. The van der Waals surface area contributed by atoms with Gasteiger partial charge in [-0.2, -0.15) is 0 Å². The van der Waals surface area contributed by atoms with Crippen LogP contribution in [0.25, 0.3) is 0 Å². The summed E-state index contributed by atoms with van der Waals surface area (Å²) in [6, 6.07) is 0. The lowest BCUT2D eigenvalue weighted by molar-refractivity contribution is -0.126. The number of aliphatic hydroxyl groups is 1. The average molecular weight is 215 g/mol. The van der Waals surface area contributed by atoms with Gasteiger partial charge < -0.3 is 10.4 Å². The number of carbonyl (C=O) groups is 1. The molecule has 0 spiro atoms. The highest BCUT2D eigenvalue weighted by molar-refractivity contribution is 5.78. The van der Waals surface area contributed by atoms with Crippen LogP contribution in [0.5, 0.6) is 0 Å². The van der Waals surface area contributed by atoms with E-state index in [-0.39, 0.29) is 17.7 Å². The van der Waals surface area contributed by atoms with Crippen LogP contribution in [0.4, 0.5) is 0 Å². The molecule has 3 heteroatoms. The Balaban J connectivity index is 4.00. The van der Waals surface area contributed by atoms with Crippen LogP contribution in [-0.2, 0) is 4.79 Å². The smallest absolute Gasteiger partial charge is 0.222 e. The molecule has 0 bridgehead atoms. The highest BCUT2D eigenvalue weighted by Crippen LogP contribution is 2.15. The second kappa shape index (κ2) is 6.11. The molecule has 0 fully saturated rings. The fourth-order valence-electron chi connectivity index (χ4n) is 1.21. The maximum atomic E-state index is 11.6. The molecule has 90 valence electrons. The van der Waals surface area contributed by atoms with Crippen molar-refractivity contribution in [3.63, 3.8) is 0 Å². The number of hydrogen-bond donors (Lipinski definition) is 2. The van der Waals surface area contributed by atoms with Crippen LogP contribution in [0.15, 0.2) is 0 Å². The molecule has 3 nitrogen and oxygen atoms in total. The van der Waals surface area contributed by atoms with E-state index in [0.717, 1.165) is 12.8 Å². The van der Waals surface area contributed by atoms with Gasteiger partial charge in [-0.25, -0.2) is 0 Å². The minimum Gasteiger partial charge on any atom is -0.388 e. The minimum absolute atomic E-state index is 0.0396. The second-order valence-corrected chi connectivity index (χ2v) is 4.92. The second-order valence-electron chi connectivity index (χ2n) is 4.92. The lowest BCUT2D eigenvalue weighted by Gasteiger charge is -2.28. The molecular formula is C12H25NO2. The van der Waals surface area contributed by atoms with Crippen LogP contribution < -0.4 is 5.32 Å². The Bertz CT molecular complexity index is 200. The average Bonchev–Trinajstić information content (AvgIpc) is 2.14. The van der Waals surface area contributed by atoms with Gasteiger partial charge in [0.05, 0.1) is 5.60 Å². The van der Waals surface area contributed by atoms with E-state index in [1.807, 2.05) is 20.8 Å². The number of rotatable bonds is 6. The molecule has 0 aliphatic rings. The quantitative estimate of drug-likeness (QED) is 0.711. The summed E-state index contributed by atoms with van der Waals surface area (Å²) in [6.45, 7) is 9.96. The zero-order valence-corrected chi connectivity index (χ0v) is 10.6. The van der Waals surface area contributed by atoms with Gasteiger partial charge in [0.1, 0.15) is 0 Å². The number of nitrogens with one attached hydrogen (secondary N) is 1. The standard InChI is InChI=1S/C12H25NO2/c1-6-7-10(4)11(14)13-8-12(5,15)9(2)3/h9-10,15H,6-8H2,1-5H3,(H,13,14). The van der Waals surface area contributed by atoms with Crippen molar-refractivity contribution in [2.75, 3.05) is 6.54 Å². The molecule has 2 N–H and O–H groups in total. The van der Waals surface area contributed by atoms with Gasteiger partial charge in [0, 0.05) is 12.5 Å². The summed E-state index contributed by atoms with van der Waals surface area (Å²) in [5, 5.41) is 12.7. The summed E-state index contributed by atoms with van der Waals surface area (Å²) in [5.41, 5.74) is -0.818. The third-order valence-electron chi connectivity index (χ3n) is 3.03. The first-order valence-electron chi connectivity index (χ1n) is 5.81. The zero-order valence-electron chi connectivity index (χ0n) is 10.6. The first-order chi connectivity index (χ1) is 6.81. The third-order valence-corrected chi connectivity index (χ3v) is 3.03. The molecule has 0 aliphatic heterocycles. The number of amides is 1. The third kappa shape index (κ3) is 5.17. The number of carbonyl (C=O) groups excluding carboxylic acids is 1. The lowest BCUT2D eigenvalue weighted by atomic mass is 9.92. The highest BCUT2D eigenvalue weighted by atomic mass is 16.3. The van der Waals surface area contributed by atoms with Crippen LogP contribution in [0.2, 0.25) is 0 Å². The minimum atomic E-state index is -0.818. The molecule has 0 radical (unpaired) electrons. The molecule has 0 aromatic carbocycles. The molecular weight excluding hydrogens is 190 g/mol. The van der Waals surface area contributed by atoms with Crippen LogP contribution in [-0.4, -0.2) is 23.2 Å². The van der Waals surface area contributed by atoms with E-state index in [9.17, 15) is 9.90 Å². The van der Waals surface area contributed by atoms with Crippen LogP contribution >= 0.6 is 0 Å². The Hall–Kier alpha value is -0.570. The fourth-order valence-corrected chi connectivity index (χ4v) is 1.21. The van der Waals surface area contributed by atoms with Crippen molar-refractivity contribution in [3.8, 4) is 0 Å². The summed E-state index contributed by atoms with van der Waals surface area (Å²) in [7, 11) is 0. The van der Waals surface area contributed by atoms with Gasteiger partial charge in [0.2, 0.25) is 5.91 Å². The van der Waals surface area contributed by atoms with E-state index in [1.165, 1.54) is 0 Å². The topological polar surface area (TPSA) is 49.3 Å². The molecule has 0 aromatic heterocycles. The van der Waals surface area contributed by atoms with Crippen LogP contribution in [0.1, 0.15) is 47.5 Å². The number of hydrogen-bond acceptors (Lipinski definition) is 2.